The van der Waals surface area contributed by atoms with Gasteiger partial charge < -0.3 is 5.11 Å². The van der Waals surface area contributed by atoms with Gasteiger partial charge >= 0.3 is 0 Å². The Hall–Kier alpha value is -0.790. The molecular weight excluding hydrogens is 176 g/mol. The number of ketones is 1. The van der Waals surface area contributed by atoms with Crippen LogP contribution in [0.2, 0.25) is 0 Å². The van der Waals surface area contributed by atoms with Gasteiger partial charge in [-0.05, 0) is 31.3 Å². The van der Waals surface area contributed by atoms with Crippen molar-refractivity contribution >= 4 is 5.78 Å². The van der Waals surface area contributed by atoms with Crippen LogP contribution in [0.25, 0.3) is 0 Å². The largest absolute Gasteiger partial charge is 0.516 e. The first-order chi connectivity index (χ1) is 6.79. The standard InChI is InChI=1S/C12H20O2/c1-2-3-5-10-7-8-12(14)11(10)6-4-9-13/h4,9-11,13H,2-3,5-8H2,1H3. The van der Waals surface area contributed by atoms with Crippen LogP contribution in [-0.2, 0) is 4.79 Å². The maximum Gasteiger partial charge on any atom is 0.136 e. The van der Waals surface area contributed by atoms with Gasteiger partial charge in [0.15, 0.2) is 0 Å². The highest BCUT2D eigenvalue weighted by Crippen LogP contribution is 2.34. The molecule has 0 aliphatic heterocycles. The van der Waals surface area contributed by atoms with Crippen molar-refractivity contribution in [1.29, 1.82) is 0 Å². The molecule has 1 rings (SSSR count). The molecule has 0 bridgehead atoms. The van der Waals surface area contributed by atoms with Crippen molar-refractivity contribution in [2.75, 3.05) is 0 Å². The lowest BCUT2D eigenvalue weighted by Gasteiger charge is -2.15. The minimum absolute atomic E-state index is 0.185. The topological polar surface area (TPSA) is 37.3 Å². The first-order valence-corrected chi connectivity index (χ1v) is 5.61. The van der Waals surface area contributed by atoms with Crippen LogP contribution in [0.4, 0.5) is 0 Å². The molecule has 2 atom stereocenters. The van der Waals surface area contributed by atoms with Crippen molar-refractivity contribution in [2.45, 2.75) is 45.4 Å². The van der Waals surface area contributed by atoms with E-state index in [1.165, 1.54) is 19.3 Å². The van der Waals surface area contributed by atoms with Crippen LogP contribution in [0.5, 0.6) is 0 Å². The van der Waals surface area contributed by atoms with E-state index in [-0.39, 0.29) is 5.92 Å². The molecule has 1 N–H and O–H groups in total. The van der Waals surface area contributed by atoms with E-state index in [1.807, 2.05) is 0 Å². The maximum atomic E-state index is 11.5. The number of allylic oxidation sites excluding steroid dienone is 1. The number of Topliss-reactive ketones (excluding diaryl/α,β-unsaturated/α-hetero) is 1. The molecule has 0 aromatic carbocycles. The van der Waals surface area contributed by atoms with Gasteiger partial charge in [0.1, 0.15) is 5.78 Å². The molecule has 0 aromatic heterocycles. The molecule has 0 aromatic rings. The van der Waals surface area contributed by atoms with Crippen LogP contribution in [0.3, 0.4) is 0 Å². The summed E-state index contributed by atoms with van der Waals surface area (Å²) in [6, 6.07) is 0. The Labute approximate surface area is 86.0 Å². The highest BCUT2D eigenvalue weighted by molar-refractivity contribution is 5.83. The summed E-state index contributed by atoms with van der Waals surface area (Å²) < 4.78 is 0. The van der Waals surface area contributed by atoms with E-state index in [4.69, 9.17) is 5.11 Å². The molecule has 0 amide bonds. The first-order valence-electron chi connectivity index (χ1n) is 5.61. The minimum atomic E-state index is 0.185. The van der Waals surface area contributed by atoms with Gasteiger partial charge in [-0.2, -0.15) is 0 Å². The van der Waals surface area contributed by atoms with Gasteiger partial charge in [0.25, 0.3) is 0 Å². The lowest BCUT2D eigenvalue weighted by Crippen LogP contribution is -2.13. The van der Waals surface area contributed by atoms with Gasteiger partial charge in [0, 0.05) is 12.3 Å². The quantitative estimate of drug-likeness (QED) is 0.685. The normalized spacial score (nSPS) is 27.6. The van der Waals surface area contributed by atoms with Gasteiger partial charge in [0.2, 0.25) is 0 Å². The molecule has 0 saturated heterocycles. The van der Waals surface area contributed by atoms with E-state index in [0.717, 1.165) is 25.5 Å². The zero-order chi connectivity index (χ0) is 10.4. The molecule has 0 heterocycles. The Morgan fingerprint density at radius 2 is 2.36 bits per heavy atom. The molecule has 2 nitrogen and oxygen atoms in total. The van der Waals surface area contributed by atoms with Gasteiger partial charge in [-0.1, -0.05) is 19.8 Å². The van der Waals surface area contributed by atoms with Crippen LogP contribution < -0.4 is 0 Å². The summed E-state index contributed by atoms with van der Waals surface area (Å²) >= 11 is 0. The lowest BCUT2D eigenvalue weighted by atomic mass is 9.88. The van der Waals surface area contributed by atoms with Crippen LogP contribution in [0.1, 0.15) is 45.4 Å². The van der Waals surface area contributed by atoms with E-state index in [0.29, 0.717) is 11.7 Å². The molecule has 1 aliphatic carbocycles. The van der Waals surface area contributed by atoms with Crippen LogP contribution >= 0.6 is 0 Å². The first kappa shape index (κ1) is 11.3. The Bertz CT molecular complexity index is 208. The van der Waals surface area contributed by atoms with Crippen molar-refractivity contribution in [1.82, 2.24) is 0 Å². The molecule has 80 valence electrons. The Morgan fingerprint density at radius 1 is 1.57 bits per heavy atom. The number of carbonyl (C=O) groups is 1. The molecule has 0 radical (unpaired) electrons. The lowest BCUT2D eigenvalue weighted by molar-refractivity contribution is -0.121. The molecule has 1 aliphatic rings. The second-order valence-corrected chi connectivity index (χ2v) is 4.13. The van der Waals surface area contributed by atoms with Gasteiger partial charge in [-0.15, -0.1) is 0 Å². The summed E-state index contributed by atoms with van der Waals surface area (Å²) in [5, 5.41) is 8.58. The summed E-state index contributed by atoms with van der Waals surface area (Å²) in [4.78, 5) is 11.5. The SMILES string of the molecule is CCCCC1CCC(=O)C1CC=CO. The van der Waals surface area contributed by atoms with Crippen molar-refractivity contribution in [2.24, 2.45) is 11.8 Å². The highest BCUT2D eigenvalue weighted by Gasteiger charge is 2.32. The molecule has 2 unspecified atom stereocenters. The minimum Gasteiger partial charge on any atom is -0.516 e. The molecule has 1 fully saturated rings. The van der Waals surface area contributed by atoms with E-state index in [9.17, 15) is 4.79 Å². The van der Waals surface area contributed by atoms with Crippen molar-refractivity contribution < 1.29 is 9.90 Å². The molecule has 1 saturated carbocycles. The Morgan fingerprint density at radius 3 is 3.00 bits per heavy atom. The van der Waals surface area contributed by atoms with Crippen molar-refractivity contribution in [3.63, 3.8) is 0 Å². The number of hydrogen-bond acceptors (Lipinski definition) is 2. The predicted molar refractivity (Wildman–Crippen MR) is 57.1 cm³/mol. The zero-order valence-corrected chi connectivity index (χ0v) is 8.91. The van der Waals surface area contributed by atoms with E-state index in [1.54, 1.807) is 6.08 Å². The summed E-state index contributed by atoms with van der Waals surface area (Å²) in [5.74, 6) is 1.15. The smallest absolute Gasteiger partial charge is 0.136 e. The fourth-order valence-corrected chi connectivity index (χ4v) is 2.32. The van der Waals surface area contributed by atoms with Crippen LogP contribution in [0, 0.1) is 11.8 Å². The molecule has 2 heteroatoms. The monoisotopic (exact) mass is 196 g/mol. The summed E-state index contributed by atoms with van der Waals surface area (Å²) in [5.41, 5.74) is 0. The second kappa shape index (κ2) is 5.84. The van der Waals surface area contributed by atoms with E-state index < -0.39 is 0 Å². The highest BCUT2D eigenvalue weighted by atomic mass is 16.2. The second-order valence-electron chi connectivity index (χ2n) is 4.13. The molecular formula is C12H20O2. The number of aliphatic hydroxyl groups is 1. The van der Waals surface area contributed by atoms with E-state index >= 15 is 0 Å². The average Bonchev–Trinajstić information content (AvgIpc) is 2.53. The third-order valence-electron chi connectivity index (χ3n) is 3.17. The third kappa shape index (κ3) is 2.86. The van der Waals surface area contributed by atoms with Crippen LogP contribution in [-0.4, -0.2) is 10.9 Å². The van der Waals surface area contributed by atoms with Gasteiger partial charge in [-0.3, -0.25) is 4.79 Å². The summed E-state index contributed by atoms with van der Waals surface area (Å²) in [7, 11) is 0. The van der Waals surface area contributed by atoms with Gasteiger partial charge in [0.05, 0.1) is 6.26 Å². The van der Waals surface area contributed by atoms with E-state index in [2.05, 4.69) is 6.92 Å². The third-order valence-corrected chi connectivity index (χ3v) is 3.17. The fourth-order valence-electron chi connectivity index (χ4n) is 2.32. The Balaban J connectivity index is 2.44. The van der Waals surface area contributed by atoms with Crippen molar-refractivity contribution in [3.05, 3.63) is 12.3 Å². The maximum absolute atomic E-state index is 11.5. The fraction of sp³-hybridized carbons (Fsp3) is 0.750. The average molecular weight is 196 g/mol. The number of carbonyl (C=O) groups excluding carboxylic acids is 1. The zero-order valence-electron chi connectivity index (χ0n) is 8.91. The molecule has 0 spiro atoms. The number of aliphatic hydroxyl groups excluding tert-OH is 1. The number of unbranched alkanes of at least 4 members (excludes halogenated alkanes) is 1. The number of hydrogen-bond donors (Lipinski definition) is 1. The number of rotatable bonds is 5. The summed E-state index contributed by atoms with van der Waals surface area (Å²) in [6.07, 6.45) is 8.89. The summed E-state index contributed by atoms with van der Waals surface area (Å²) in [6.45, 7) is 2.18. The van der Waals surface area contributed by atoms with Gasteiger partial charge in [-0.25, -0.2) is 0 Å². The van der Waals surface area contributed by atoms with Crippen molar-refractivity contribution in [3.8, 4) is 0 Å². The predicted octanol–water partition coefficient (Wildman–Crippen LogP) is 3.23. The Kier molecular flexibility index (Phi) is 4.71. The van der Waals surface area contributed by atoms with Crippen LogP contribution in [0.15, 0.2) is 12.3 Å². The molecule has 14 heavy (non-hydrogen) atoms.